The third kappa shape index (κ3) is 4.75. The molecule has 1 atom stereocenters. The number of ether oxygens (including phenoxy) is 1. The largest absolute Gasteiger partial charge is 0.446 e. The van der Waals surface area contributed by atoms with Crippen molar-refractivity contribution < 1.29 is 19.1 Å². The zero-order chi connectivity index (χ0) is 18.6. The Kier molecular flexibility index (Phi) is 6.07. The molecule has 0 amide bonds. The third-order valence-electron chi connectivity index (χ3n) is 4.15. The fourth-order valence-electron chi connectivity index (χ4n) is 2.79. The second-order valence-electron chi connectivity index (χ2n) is 6.67. The summed E-state index contributed by atoms with van der Waals surface area (Å²) in [6.07, 6.45) is 5.77. The Morgan fingerprint density at radius 1 is 1.04 bits per heavy atom. The van der Waals surface area contributed by atoms with Gasteiger partial charge in [0, 0.05) is 18.1 Å². The summed E-state index contributed by atoms with van der Waals surface area (Å²) >= 11 is 0. The Morgan fingerprint density at radius 2 is 1.72 bits per heavy atom. The lowest BCUT2D eigenvalue weighted by molar-refractivity contribution is -0.142. The number of fused-ring (bicyclic) bond motifs is 1. The fraction of sp³-hybridized carbons (Fsp3) is 0.381. The highest BCUT2D eigenvalue weighted by Gasteiger charge is 2.40. The lowest BCUT2D eigenvalue weighted by Crippen LogP contribution is -2.27. The van der Waals surface area contributed by atoms with E-state index in [-0.39, 0.29) is 0 Å². The summed E-state index contributed by atoms with van der Waals surface area (Å²) in [5.41, 5.74) is 4.26. The van der Waals surface area contributed by atoms with Crippen LogP contribution in [-0.2, 0) is 16.0 Å². The van der Waals surface area contributed by atoms with E-state index in [1.165, 1.54) is 18.1 Å². The summed E-state index contributed by atoms with van der Waals surface area (Å²) < 4.78 is 4.86. The zero-order valence-electron chi connectivity index (χ0n) is 15.2. The quantitative estimate of drug-likeness (QED) is 0.442. The second kappa shape index (κ2) is 8.06. The maximum Gasteiger partial charge on any atom is 0.303 e. The molecule has 1 aliphatic rings. The van der Waals surface area contributed by atoms with Gasteiger partial charge in [-0.2, -0.15) is 0 Å². The molecule has 1 aromatic rings. The van der Waals surface area contributed by atoms with Crippen LogP contribution in [-0.4, -0.2) is 23.6 Å². The Hall–Kier alpha value is -2.49. The molecule has 2 rings (SSSR count). The number of hydrogen-bond donors (Lipinski definition) is 0. The van der Waals surface area contributed by atoms with Gasteiger partial charge in [-0.15, -0.1) is 0 Å². The van der Waals surface area contributed by atoms with Gasteiger partial charge in [-0.05, 0) is 51.7 Å². The van der Waals surface area contributed by atoms with Crippen LogP contribution >= 0.6 is 0 Å². The van der Waals surface area contributed by atoms with Crippen LogP contribution in [0, 0.1) is 0 Å². The molecule has 0 fully saturated rings. The van der Waals surface area contributed by atoms with Gasteiger partial charge < -0.3 is 4.74 Å². The maximum atomic E-state index is 12.3. The Labute approximate surface area is 148 Å². The van der Waals surface area contributed by atoms with Crippen molar-refractivity contribution in [3.63, 3.8) is 0 Å². The molecule has 0 saturated heterocycles. The molecule has 0 aliphatic heterocycles. The lowest BCUT2D eigenvalue weighted by Gasteiger charge is -2.05. The first-order valence-electron chi connectivity index (χ1n) is 8.47. The van der Waals surface area contributed by atoms with E-state index >= 15 is 0 Å². The Morgan fingerprint density at radius 3 is 2.36 bits per heavy atom. The Bertz CT molecular complexity index is 764. The van der Waals surface area contributed by atoms with E-state index in [9.17, 15) is 14.4 Å². The van der Waals surface area contributed by atoms with Gasteiger partial charge in [0.15, 0.2) is 0 Å². The van der Waals surface area contributed by atoms with Crippen molar-refractivity contribution in [1.82, 2.24) is 0 Å². The van der Waals surface area contributed by atoms with Crippen molar-refractivity contribution in [2.24, 2.45) is 0 Å². The van der Waals surface area contributed by atoms with Crippen LogP contribution in [0.1, 0.15) is 66.8 Å². The predicted octanol–water partition coefficient (Wildman–Crippen LogP) is 4.23. The van der Waals surface area contributed by atoms with Gasteiger partial charge in [-0.1, -0.05) is 35.4 Å². The van der Waals surface area contributed by atoms with Crippen molar-refractivity contribution in [2.45, 2.75) is 53.1 Å². The molecule has 4 heteroatoms. The summed E-state index contributed by atoms with van der Waals surface area (Å²) in [7, 11) is 0. The van der Waals surface area contributed by atoms with Gasteiger partial charge in [-0.25, -0.2) is 0 Å². The van der Waals surface area contributed by atoms with Crippen LogP contribution in [0.25, 0.3) is 0 Å². The average molecular weight is 340 g/mol. The first kappa shape index (κ1) is 18.8. The molecule has 132 valence electrons. The molecule has 1 aromatic carbocycles. The van der Waals surface area contributed by atoms with E-state index in [1.807, 2.05) is 6.07 Å². The van der Waals surface area contributed by atoms with Crippen molar-refractivity contribution in [1.29, 1.82) is 0 Å². The normalized spacial score (nSPS) is 16.6. The van der Waals surface area contributed by atoms with Gasteiger partial charge in [0.1, 0.15) is 0 Å². The second-order valence-corrected chi connectivity index (χ2v) is 6.67. The van der Waals surface area contributed by atoms with Gasteiger partial charge in [-0.3, -0.25) is 14.4 Å². The summed E-state index contributed by atoms with van der Waals surface area (Å²) in [4.78, 5) is 35.6. The van der Waals surface area contributed by atoms with Crippen LogP contribution in [0.5, 0.6) is 0 Å². The summed E-state index contributed by atoms with van der Waals surface area (Å²) in [5.74, 6) is -1.49. The van der Waals surface area contributed by atoms with Gasteiger partial charge >= 0.3 is 5.97 Å². The Balaban J connectivity index is 2.09. The molecule has 0 saturated carbocycles. The summed E-state index contributed by atoms with van der Waals surface area (Å²) in [6, 6.07) is 5.24. The van der Waals surface area contributed by atoms with Crippen LogP contribution < -0.4 is 0 Å². The number of ketones is 2. The number of esters is 1. The lowest BCUT2D eigenvalue weighted by atomic mass is 10.0. The number of carbonyl (C=O) groups excluding carboxylic acids is 3. The molecule has 25 heavy (non-hydrogen) atoms. The smallest absolute Gasteiger partial charge is 0.303 e. The van der Waals surface area contributed by atoms with E-state index < -0.39 is 23.6 Å². The summed E-state index contributed by atoms with van der Waals surface area (Å²) in [6.45, 7) is 7.46. The minimum atomic E-state index is -1.32. The van der Waals surface area contributed by atoms with Crippen LogP contribution in [0.3, 0.4) is 0 Å². The molecule has 0 N–H and O–H groups in total. The van der Waals surface area contributed by atoms with Crippen LogP contribution in [0.15, 0.2) is 41.5 Å². The zero-order valence-corrected chi connectivity index (χ0v) is 15.2. The molecule has 0 aromatic heterocycles. The highest BCUT2D eigenvalue weighted by molar-refractivity contribution is 6.29. The first-order valence-corrected chi connectivity index (χ1v) is 8.47. The molecular formula is C21H24O4. The molecular weight excluding hydrogens is 316 g/mol. The number of hydrogen-bond acceptors (Lipinski definition) is 4. The average Bonchev–Trinajstić information content (AvgIpc) is 2.77. The monoisotopic (exact) mass is 340 g/mol. The molecule has 1 aliphatic carbocycles. The van der Waals surface area contributed by atoms with Crippen molar-refractivity contribution >= 4 is 17.5 Å². The first-order chi connectivity index (χ1) is 11.8. The van der Waals surface area contributed by atoms with E-state index in [2.05, 4.69) is 32.9 Å². The predicted molar refractivity (Wildman–Crippen MR) is 96.8 cm³/mol. The maximum absolute atomic E-state index is 12.3. The molecule has 0 heterocycles. The molecule has 0 spiro atoms. The highest BCUT2D eigenvalue weighted by Crippen LogP contribution is 2.26. The van der Waals surface area contributed by atoms with Gasteiger partial charge in [0.2, 0.25) is 17.7 Å². The van der Waals surface area contributed by atoms with E-state index in [4.69, 9.17) is 4.74 Å². The van der Waals surface area contributed by atoms with Gasteiger partial charge in [0.25, 0.3) is 0 Å². The minimum Gasteiger partial charge on any atom is -0.446 e. The molecule has 0 radical (unpaired) electrons. The van der Waals surface area contributed by atoms with E-state index in [0.717, 1.165) is 18.4 Å². The van der Waals surface area contributed by atoms with Crippen molar-refractivity contribution in [3.05, 3.63) is 58.2 Å². The van der Waals surface area contributed by atoms with Crippen molar-refractivity contribution in [2.75, 3.05) is 0 Å². The molecule has 0 bridgehead atoms. The van der Waals surface area contributed by atoms with Crippen molar-refractivity contribution in [3.8, 4) is 0 Å². The number of rotatable bonds is 6. The topological polar surface area (TPSA) is 60.4 Å². The molecule has 1 unspecified atom stereocenters. The molecule has 4 nitrogen and oxygen atoms in total. The number of Topliss-reactive ketones (excluding diaryl/α,β-unsaturated/α-hetero) is 2. The van der Waals surface area contributed by atoms with E-state index in [0.29, 0.717) is 17.5 Å². The number of benzene rings is 1. The van der Waals surface area contributed by atoms with Crippen LogP contribution in [0.4, 0.5) is 0 Å². The highest BCUT2D eigenvalue weighted by atomic mass is 16.5. The van der Waals surface area contributed by atoms with E-state index in [1.54, 1.807) is 12.1 Å². The fourth-order valence-corrected chi connectivity index (χ4v) is 2.79. The third-order valence-corrected chi connectivity index (χ3v) is 4.15. The van der Waals surface area contributed by atoms with Crippen LogP contribution in [0.2, 0.25) is 0 Å². The van der Waals surface area contributed by atoms with Gasteiger partial charge in [0.05, 0.1) is 0 Å². The number of allylic oxidation sites excluding steroid dienone is 4. The standard InChI is InChI=1S/C21H24O4/c1-13(2)6-5-7-14(3)8-9-16-10-11-17-18(12-16)20(24)21(19(17)23)25-15(4)22/h6,8,10-12,21H,5,7,9H2,1-4H3/b14-8+. The SMILES string of the molecule is CC(=O)OC1C(=O)c2ccc(C/C=C(\C)CCC=C(C)C)cc2C1=O. The summed E-state index contributed by atoms with van der Waals surface area (Å²) in [5, 5.41) is 0. The number of carbonyl (C=O) groups is 3. The minimum absolute atomic E-state index is 0.337.